The van der Waals surface area contributed by atoms with Gasteiger partial charge in [-0.3, -0.25) is 4.57 Å². The number of nitrogens with one attached hydrogen (secondary N) is 1. The Morgan fingerprint density at radius 3 is 2.76 bits per heavy atom. The molecule has 0 saturated carbocycles. The lowest BCUT2D eigenvalue weighted by atomic mass is 10.1. The van der Waals surface area contributed by atoms with Crippen LogP contribution in [0, 0.1) is 0 Å². The third-order valence-electron chi connectivity index (χ3n) is 3.65. The quantitative estimate of drug-likeness (QED) is 0.751. The number of carbonyl (C=O) groups is 1. The number of pyridine rings is 1. The number of benzene rings is 1. The summed E-state index contributed by atoms with van der Waals surface area (Å²) in [4.78, 5) is 15.1. The van der Waals surface area contributed by atoms with E-state index >= 15 is 0 Å². The Morgan fingerprint density at radius 2 is 2.05 bits per heavy atom. The van der Waals surface area contributed by atoms with Crippen LogP contribution in [0.4, 0.5) is 5.82 Å². The largest absolute Gasteiger partial charge is 0.462 e. The first-order valence-corrected chi connectivity index (χ1v) is 7.07. The zero-order chi connectivity index (χ0) is 15.0. The minimum Gasteiger partial charge on any atom is -0.462 e. The first-order chi connectivity index (χ1) is 10.2. The molecule has 21 heavy (non-hydrogen) atoms. The van der Waals surface area contributed by atoms with Gasteiger partial charge in [-0.25, -0.2) is 9.78 Å². The van der Waals surface area contributed by atoms with Crippen LogP contribution in [0.15, 0.2) is 30.3 Å². The molecular formula is C16H18N3O2+. The summed E-state index contributed by atoms with van der Waals surface area (Å²) in [5.74, 6) is -0.0695. The highest BCUT2D eigenvalue weighted by Gasteiger charge is 2.21. The number of rotatable bonds is 3. The van der Waals surface area contributed by atoms with Crippen molar-refractivity contribution < 1.29 is 14.5 Å². The van der Waals surface area contributed by atoms with Gasteiger partial charge in [-0.05, 0) is 26.0 Å². The van der Waals surface area contributed by atoms with E-state index < -0.39 is 5.97 Å². The molecule has 5 heteroatoms. The van der Waals surface area contributed by atoms with E-state index in [1.165, 1.54) is 0 Å². The lowest BCUT2D eigenvalue weighted by molar-refractivity contribution is -0.331. The second-order valence-corrected chi connectivity index (χ2v) is 4.84. The van der Waals surface area contributed by atoms with Crippen molar-refractivity contribution in [2.75, 3.05) is 12.3 Å². The Bertz CT molecular complexity index is 836. The zero-order valence-corrected chi connectivity index (χ0v) is 12.1. The molecule has 0 aliphatic heterocycles. The number of nitrogen functional groups attached to an aromatic ring is 1. The van der Waals surface area contributed by atoms with E-state index in [0.717, 1.165) is 28.5 Å². The van der Waals surface area contributed by atoms with Crippen molar-refractivity contribution in [3.05, 3.63) is 35.9 Å². The number of nitrogens with two attached hydrogens (primary N) is 1. The number of hydrogen-bond acceptors (Lipinski definition) is 3. The van der Waals surface area contributed by atoms with Crippen LogP contribution in [0.5, 0.6) is 0 Å². The predicted molar refractivity (Wildman–Crippen MR) is 82.0 cm³/mol. The Labute approximate surface area is 122 Å². The first-order valence-electron chi connectivity index (χ1n) is 7.07. The van der Waals surface area contributed by atoms with Gasteiger partial charge in [0.05, 0.1) is 18.5 Å². The zero-order valence-electron chi connectivity index (χ0n) is 12.1. The van der Waals surface area contributed by atoms with Gasteiger partial charge in [0, 0.05) is 5.39 Å². The molecule has 108 valence electrons. The van der Waals surface area contributed by atoms with Crippen LogP contribution in [-0.2, 0) is 11.3 Å². The second-order valence-electron chi connectivity index (χ2n) is 4.84. The Kier molecular flexibility index (Phi) is 3.25. The van der Waals surface area contributed by atoms with Crippen LogP contribution in [-0.4, -0.2) is 17.1 Å². The smallest absolute Gasteiger partial charge is 0.344 e. The lowest BCUT2D eigenvalue weighted by Crippen LogP contribution is -2.20. The van der Waals surface area contributed by atoms with Crippen molar-refractivity contribution >= 4 is 33.7 Å². The van der Waals surface area contributed by atoms with Crippen LogP contribution in [0.1, 0.15) is 24.2 Å². The Morgan fingerprint density at radius 1 is 1.29 bits per heavy atom. The Hall–Kier alpha value is -2.56. The molecule has 0 unspecified atom stereocenters. The average Bonchev–Trinajstić information content (AvgIpc) is 2.79. The molecule has 0 bridgehead atoms. The fourth-order valence-corrected chi connectivity index (χ4v) is 2.73. The molecule has 0 aliphatic carbocycles. The van der Waals surface area contributed by atoms with Gasteiger partial charge in [0.1, 0.15) is 11.1 Å². The van der Waals surface area contributed by atoms with Crippen molar-refractivity contribution in [3.63, 3.8) is 0 Å². The molecule has 0 saturated heterocycles. The van der Waals surface area contributed by atoms with Crippen LogP contribution in [0.25, 0.3) is 21.9 Å². The van der Waals surface area contributed by atoms with Gasteiger partial charge in [-0.15, -0.1) is 0 Å². The van der Waals surface area contributed by atoms with Crippen molar-refractivity contribution in [2.45, 2.75) is 20.4 Å². The van der Waals surface area contributed by atoms with E-state index in [1.54, 1.807) is 6.92 Å². The number of carbonyl (C=O) groups excluding carboxylic acids is 1. The van der Waals surface area contributed by atoms with E-state index in [9.17, 15) is 4.79 Å². The number of H-pyrrole nitrogens is 1. The lowest BCUT2D eigenvalue weighted by Gasteiger charge is -2.03. The predicted octanol–water partition coefficient (Wildman–Crippen LogP) is 2.39. The highest BCUT2D eigenvalue weighted by Crippen LogP contribution is 2.28. The van der Waals surface area contributed by atoms with E-state index in [-0.39, 0.29) is 0 Å². The Balaban J connectivity index is 2.35. The minimum absolute atomic E-state index is 0.326. The molecule has 3 aromatic rings. The summed E-state index contributed by atoms with van der Waals surface area (Å²) in [5.41, 5.74) is 8.41. The van der Waals surface area contributed by atoms with Crippen LogP contribution >= 0.6 is 0 Å². The third kappa shape index (κ3) is 2.01. The normalized spacial score (nSPS) is 11.1. The number of nitrogens with zero attached hydrogens (tertiary/aromatic N) is 1. The van der Waals surface area contributed by atoms with E-state index in [2.05, 4.69) is 22.5 Å². The molecule has 2 heterocycles. The summed E-state index contributed by atoms with van der Waals surface area (Å²) >= 11 is 0. The number of aromatic amines is 1. The summed E-state index contributed by atoms with van der Waals surface area (Å²) in [6, 6.07) is 9.91. The van der Waals surface area contributed by atoms with E-state index in [1.807, 2.05) is 24.3 Å². The summed E-state index contributed by atoms with van der Waals surface area (Å²) in [6.45, 7) is 5.00. The van der Waals surface area contributed by atoms with Crippen LogP contribution in [0.2, 0.25) is 0 Å². The summed E-state index contributed by atoms with van der Waals surface area (Å²) in [6.07, 6.45) is 0. The summed E-state index contributed by atoms with van der Waals surface area (Å²) in [5, 5.41) is 2.07. The molecule has 5 nitrogen and oxygen atoms in total. The van der Waals surface area contributed by atoms with Gasteiger partial charge in [0.15, 0.2) is 0 Å². The fourth-order valence-electron chi connectivity index (χ4n) is 2.73. The van der Waals surface area contributed by atoms with E-state index in [0.29, 0.717) is 18.0 Å². The fraction of sp³-hybridized carbons (Fsp3) is 0.250. The molecule has 2 aromatic heterocycles. The number of anilines is 1. The monoisotopic (exact) mass is 284 g/mol. The molecule has 0 aliphatic rings. The highest BCUT2D eigenvalue weighted by atomic mass is 16.5. The summed E-state index contributed by atoms with van der Waals surface area (Å²) in [7, 11) is 0. The maximum atomic E-state index is 12.0. The number of hydrogen-bond donors (Lipinski definition) is 1. The number of aromatic nitrogens is 2. The summed E-state index contributed by atoms with van der Waals surface area (Å²) < 4.78 is 7.21. The molecule has 1 aromatic carbocycles. The van der Waals surface area contributed by atoms with Gasteiger partial charge < -0.3 is 10.5 Å². The van der Waals surface area contributed by atoms with Gasteiger partial charge in [0.2, 0.25) is 11.5 Å². The van der Waals surface area contributed by atoms with Gasteiger partial charge >= 0.3 is 5.97 Å². The minimum atomic E-state index is -0.401. The van der Waals surface area contributed by atoms with Crippen LogP contribution in [0.3, 0.4) is 0 Å². The molecule has 0 atom stereocenters. The average molecular weight is 284 g/mol. The van der Waals surface area contributed by atoms with Gasteiger partial charge in [-0.2, -0.15) is 0 Å². The number of para-hydroxylation sites is 1. The molecule has 0 amide bonds. The number of fused-ring (bicyclic) bond motifs is 3. The SMILES string of the molecule is CCOC(=O)c1cc2c3ccccc3n(CC)c2[nH+]c1N. The van der Waals surface area contributed by atoms with Crippen molar-refractivity contribution in [1.29, 1.82) is 0 Å². The molecule has 0 fully saturated rings. The molecule has 3 N–H and O–H groups in total. The maximum Gasteiger partial charge on any atom is 0.344 e. The number of esters is 1. The van der Waals surface area contributed by atoms with E-state index in [4.69, 9.17) is 10.5 Å². The number of aryl methyl sites for hydroxylation is 1. The first kappa shape index (κ1) is 13.4. The standard InChI is InChI=1S/C16H17N3O2/c1-3-19-13-8-6-5-7-10(13)11-9-12(16(20)21-4-2)14(17)18-15(11)19/h5-9H,3-4H2,1-2H3,(H2,17,18)/p+1. The second kappa shape index (κ2) is 5.09. The van der Waals surface area contributed by atoms with Crippen molar-refractivity contribution in [1.82, 2.24) is 4.57 Å². The number of ether oxygens (including phenoxy) is 1. The molecule has 0 spiro atoms. The molecule has 3 rings (SSSR count). The van der Waals surface area contributed by atoms with Gasteiger partial charge in [0.25, 0.3) is 0 Å². The molecular weight excluding hydrogens is 266 g/mol. The maximum absolute atomic E-state index is 12.0. The van der Waals surface area contributed by atoms with Gasteiger partial charge in [-0.1, -0.05) is 18.2 Å². The molecule has 0 radical (unpaired) electrons. The van der Waals surface area contributed by atoms with Crippen molar-refractivity contribution in [2.24, 2.45) is 0 Å². The van der Waals surface area contributed by atoms with Crippen molar-refractivity contribution in [3.8, 4) is 0 Å². The van der Waals surface area contributed by atoms with Crippen LogP contribution < -0.4 is 10.7 Å². The highest BCUT2D eigenvalue weighted by molar-refractivity contribution is 6.08. The topological polar surface area (TPSA) is 71.4 Å². The third-order valence-corrected chi connectivity index (χ3v) is 3.65.